The number of aliphatic hydroxyl groups is 2. The normalized spacial score (nSPS) is 12.3. The van der Waals surface area contributed by atoms with Crippen LogP contribution in [-0.4, -0.2) is 55.0 Å². The summed E-state index contributed by atoms with van der Waals surface area (Å²) in [5, 5.41) is 18.3. The molecule has 0 heterocycles. The lowest BCUT2D eigenvalue weighted by Crippen LogP contribution is -2.36. The summed E-state index contributed by atoms with van der Waals surface area (Å²) in [6, 6.07) is 7.88. The molecule has 0 aliphatic carbocycles. The second kappa shape index (κ2) is 7.02. The minimum Gasteiger partial charge on any atom is -0.460 e. The molecule has 5 heteroatoms. The fourth-order valence-corrected chi connectivity index (χ4v) is 1.79. The Bertz CT molecular complexity index is 458. The number of ether oxygens (including phenoxy) is 1. The van der Waals surface area contributed by atoms with Crippen molar-refractivity contribution in [2.75, 3.05) is 34.4 Å². The maximum absolute atomic E-state index is 11.8. The minimum atomic E-state index is -1.25. The number of benzene rings is 1. The van der Waals surface area contributed by atoms with E-state index in [1.54, 1.807) is 0 Å². The molecule has 2 N–H and O–H groups in total. The largest absolute Gasteiger partial charge is 0.460 e. The van der Waals surface area contributed by atoms with E-state index >= 15 is 0 Å². The van der Waals surface area contributed by atoms with Gasteiger partial charge in [0.05, 0.1) is 34.4 Å². The molecule has 0 radical (unpaired) electrons. The van der Waals surface area contributed by atoms with Crippen molar-refractivity contribution in [1.29, 1.82) is 0 Å². The van der Waals surface area contributed by atoms with Crippen LogP contribution in [0, 0.1) is 5.41 Å². The molecule has 5 nitrogen and oxygen atoms in total. The van der Waals surface area contributed by atoms with Crippen molar-refractivity contribution in [2.45, 2.75) is 20.1 Å². The van der Waals surface area contributed by atoms with Crippen LogP contribution in [0.3, 0.4) is 0 Å². The molecule has 0 aliphatic rings. The monoisotopic (exact) mass is 296 g/mol. The highest BCUT2D eigenvalue weighted by Crippen LogP contribution is 2.18. The Kier molecular flexibility index (Phi) is 5.89. The fraction of sp³-hybridized carbons (Fsp3) is 0.562. The molecule has 0 atom stereocenters. The van der Waals surface area contributed by atoms with Crippen LogP contribution in [0.5, 0.6) is 0 Å². The van der Waals surface area contributed by atoms with Crippen molar-refractivity contribution >= 4 is 5.97 Å². The lowest BCUT2D eigenvalue weighted by atomic mass is 9.93. The smallest absolute Gasteiger partial charge is 0.316 e. The summed E-state index contributed by atoms with van der Waals surface area (Å²) in [5.74, 6) is -0.595. The Morgan fingerprint density at radius 2 is 1.57 bits per heavy atom. The third-order valence-corrected chi connectivity index (χ3v) is 3.24. The third kappa shape index (κ3) is 5.46. The van der Waals surface area contributed by atoms with Crippen LogP contribution in [0.4, 0.5) is 0 Å². The molecule has 0 aromatic heterocycles. The molecule has 0 fully saturated rings. The van der Waals surface area contributed by atoms with Gasteiger partial charge < -0.3 is 19.4 Å². The molecule has 0 saturated carbocycles. The van der Waals surface area contributed by atoms with Gasteiger partial charge in [0.15, 0.2) is 0 Å². The van der Waals surface area contributed by atoms with Gasteiger partial charge in [-0.15, -0.1) is 0 Å². The Balaban J connectivity index is 2.59. The van der Waals surface area contributed by atoms with Crippen LogP contribution >= 0.6 is 0 Å². The SMILES string of the molecule is CC(CO)(CO)C(=O)OCc1ccc(C[N+](C)(C)C)cc1. The second-order valence-electron chi connectivity index (χ2n) is 6.72. The van der Waals surface area contributed by atoms with Crippen LogP contribution in [0.1, 0.15) is 18.1 Å². The molecule has 1 rings (SSSR count). The van der Waals surface area contributed by atoms with Gasteiger partial charge in [-0.05, 0) is 12.5 Å². The number of aliphatic hydroxyl groups excluding tert-OH is 2. The Morgan fingerprint density at radius 1 is 1.10 bits per heavy atom. The molecule has 0 amide bonds. The first-order chi connectivity index (χ1) is 9.70. The van der Waals surface area contributed by atoms with E-state index in [-0.39, 0.29) is 6.61 Å². The van der Waals surface area contributed by atoms with E-state index in [1.165, 1.54) is 12.5 Å². The molecule has 0 saturated heterocycles. The predicted octanol–water partition coefficient (Wildman–Crippen LogP) is 0.927. The van der Waals surface area contributed by atoms with Crippen LogP contribution in [0.25, 0.3) is 0 Å². The Labute approximate surface area is 126 Å². The van der Waals surface area contributed by atoms with Crippen LogP contribution in [-0.2, 0) is 22.7 Å². The maximum Gasteiger partial charge on any atom is 0.316 e. The van der Waals surface area contributed by atoms with E-state index in [0.717, 1.165) is 16.6 Å². The number of hydrogen-bond acceptors (Lipinski definition) is 4. The third-order valence-electron chi connectivity index (χ3n) is 3.24. The zero-order chi connectivity index (χ0) is 16.1. The van der Waals surface area contributed by atoms with Crippen LogP contribution in [0.2, 0.25) is 0 Å². The molecule has 0 spiro atoms. The molecule has 0 bridgehead atoms. The average Bonchev–Trinajstić information content (AvgIpc) is 2.43. The van der Waals surface area contributed by atoms with Crippen molar-refractivity contribution in [3.05, 3.63) is 35.4 Å². The van der Waals surface area contributed by atoms with E-state index in [2.05, 4.69) is 21.1 Å². The summed E-state index contributed by atoms with van der Waals surface area (Å²) in [5.41, 5.74) is 0.851. The molecular formula is C16H26NO4+. The van der Waals surface area contributed by atoms with Gasteiger partial charge in [-0.3, -0.25) is 4.79 Å². The van der Waals surface area contributed by atoms with Crippen molar-refractivity contribution < 1.29 is 24.2 Å². The van der Waals surface area contributed by atoms with E-state index in [0.29, 0.717) is 0 Å². The first kappa shape index (κ1) is 17.6. The van der Waals surface area contributed by atoms with Crippen molar-refractivity contribution in [3.63, 3.8) is 0 Å². The number of carbonyl (C=O) groups excluding carboxylic acids is 1. The van der Waals surface area contributed by atoms with Gasteiger partial charge >= 0.3 is 5.97 Å². The van der Waals surface area contributed by atoms with E-state index in [4.69, 9.17) is 14.9 Å². The summed E-state index contributed by atoms with van der Waals surface area (Å²) in [6.07, 6.45) is 0. The molecular weight excluding hydrogens is 270 g/mol. The summed E-state index contributed by atoms with van der Waals surface area (Å²) in [6.45, 7) is 1.65. The van der Waals surface area contributed by atoms with Gasteiger partial charge in [0, 0.05) is 5.56 Å². The molecule has 1 aromatic carbocycles. The predicted molar refractivity (Wildman–Crippen MR) is 80.3 cm³/mol. The first-order valence-corrected chi connectivity index (χ1v) is 6.97. The average molecular weight is 296 g/mol. The highest BCUT2D eigenvalue weighted by Gasteiger charge is 2.33. The number of rotatable bonds is 7. The van der Waals surface area contributed by atoms with Crippen molar-refractivity contribution in [3.8, 4) is 0 Å². The summed E-state index contributed by atoms with van der Waals surface area (Å²) in [7, 11) is 6.38. The van der Waals surface area contributed by atoms with Crippen molar-refractivity contribution in [1.82, 2.24) is 0 Å². The summed E-state index contributed by atoms with van der Waals surface area (Å²) >= 11 is 0. The topological polar surface area (TPSA) is 66.8 Å². The lowest BCUT2D eigenvalue weighted by Gasteiger charge is -2.24. The highest BCUT2D eigenvalue weighted by molar-refractivity contribution is 5.76. The molecule has 21 heavy (non-hydrogen) atoms. The van der Waals surface area contributed by atoms with Gasteiger partial charge in [-0.2, -0.15) is 0 Å². The standard InChI is InChI=1S/C16H26NO4/c1-16(11-18,12-19)15(20)21-10-14-7-5-13(6-8-14)9-17(2,3)4/h5-8,18-19H,9-12H2,1-4H3/q+1. The van der Waals surface area contributed by atoms with Gasteiger partial charge in [0.25, 0.3) is 0 Å². The minimum absolute atomic E-state index is 0.138. The van der Waals surface area contributed by atoms with E-state index < -0.39 is 24.6 Å². The molecule has 0 unspecified atom stereocenters. The fourth-order valence-electron chi connectivity index (χ4n) is 1.79. The maximum atomic E-state index is 11.8. The number of carbonyl (C=O) groups is 1. The van der Waals surface area contributed by atoms with Crippen molar-refractivity contribution in [2.24, 2.45) is 5.41 Å². The summed E-state index contributed by atoms with van der Waals surface area (Å²) < 4.78 is 6.00. The zero-order valence-corrected chi connectivity index (χ0v) is 13.3. The Morgan fingerprint density at radius 3 is 2.00 bits per heavy atom. The lowest BCUT2D eigenvalue weighted by molar-refractivity contribution is -0.884. The quantitative estimate of drug-likeness (QED) is 0.580. The zero-order valence-electron chi connectivity index (χ0n) is 13.3. The number of hydrogen-bond donors (Lipinski definition) is 2. The number of esters is 1. The van der Waals surface area contributed by atoms with E-state index in [1.807, 2.05) is 24.3 Å². The molecule has 118 valence electrons. The van der Waals surface area contributed by atoms with E-state index in [9.17, 15) is 4.79 Å². The Hall–Kier alpha value is -1.43. The second-order valence-corrected chi connectivity index (χ2v) is 6.72. The first-order valence-electron chi connectivity index (χ1n) is 6.97. The van der Waals surface area contributed by atoms with Gasteiger partial charge in [0.1, 0.15) is 18.6 Å². The van der Waals surface area contributed by atoms with Gasteiger partial charge in [-0.25, -0.2) is 0 Å². The molecule has 1 aromatic rings. The van der Waals surface area contributed by atoms with Gasteiger partial charge in [0.2, 0.25) is 0 Å². The summed E-state index contributed by atoms with van der Waals surface area (Å²) in [4.78, 5) is 11.8. The number of quaternary nitrogens is 1. The van der Waals surface area contributed by atoms with Crippen LogP contribution in [0.15, 0.2) is 24.3 Å². The van der Waals surface area contributed by atoms with Crippen LogP contribution < -0.4 is 0 Å². The van der Waals surface area contributed by atoms with Gasteiger partial charge in [-0.1, -0.05) is 24.3 Å². The molecule has 0 aliphatic heterocycles. The number of nitrogens with zero attached hydrogens (tertiary/aromatic N) is 1. The highest BCUT2D eigenvalue weighted by atomic mass is 16.5.